The van der Waals surface area contributed by atoms with Crippen LogP contribution in [0.4, 0.5) is 0 Å². The van der Waals surface area contributed by atoms with Crippen molar-refractivity contribution in [3.63, 3.8) is 0 Å². The highest BCUT2D eigenvalue weighted by molar-refractivity contribution is 5.80. The predicted octanol–water partition coefficient (Wildman–Crippen LogP) is 4.02. The van der Waals surface area contributed by atoms with Gasteiger partial charge in [0.2, 0.25) is 0 Å². The van der Waals surface area contributed by atoms with Crippen LogP contribution in [0.15, 0.2) is 73.3 Å². The zero-order valence-electron chi connectivity index (χ0n) is 11.5. The minimum atomic E-state index is -0.563. The van der Waals surface area contributed by atoms with Gasteiger partial charge in [0.25, 0.3) is 0 Å². The predicted molar refractivity (Wildman–Crippen MR) is 79.8 cm³/mol. The van der Waals surface area contributed by atoms with Gasteiger partial charge in [-0.05, 0) is 18.1 Å². The van der Waals surface area contributed by atoms with E-state index in [0.717, 1.165) is 6.08 Å². The number of benzene rings is 2. The van der Waals surface area contributed by atoms with Crippen LogP contribution in [0.25, 0.3) is 11.1 Å². The topological polar surface area (TPSA) is 35.5 Å². The van der Waals surface area contributed by atoms with Crippen molar-refractivity contribution in [2.45, 2.75) is 6.92 Å². The van der Waals surface area contributed by atoms with Gasteiger partial charge >= 0.3 is 5.97 Å². The lowest BCUT2D eigenvalue weighted by atomic mass is 10.1. The lowest BCUT2D eigenvalue weighted by Gasteiger charge is -1.98. The van der Waals surface area contributed by atoms with Crippen molar-refractivity contribution < 1.29 is 14.6 Å². The first-order valence-corrected chi connectivity index (χ1v) is 6.34. The van der Waals surface area contributed by atoms with Crippen molar-refractivity contribution in [2.75, 3.05) is 6.61 Å². The first-order chi connectivity index (χ1) is 9.77. The summed E-state index contributed by atoms with van der Waals surface area (Å²) in [6, 6.07) is 20.8. The monoisotopic (exact) mass is 270 g/mol. The van der Waals surface area contributed by atoms with Crippen LogP contribution in [0.2, 0.25) is 0 Å². The molecule has 0 aliphatic heterocycles. The molecular weight excluding hydrogens is 252 g/mol. The van der Waals surface area contributed by atoms with Crippen LogP contribution in [-0.4, -0.2) is 12.6 Å². The summed E-state index contributed by atoms with van der Waals surface area (Å²) in [4.78, 5) is 18.5. The number of hydrogen-bond acceptors (Lipinski definition) is 3. The van der Waals surface area contributed by atoms with Crippen LogP contribution in [0.5, 0.6) is 0 Å². The van der Waals surface area contributed by atoms with E-state index < -0.39 is 5.97 Å². The minimum Gasteiger partial charge on any atom is -0.294 e. The molecule has 3 heteroatoms. The average molecular weight is 270 g/mol. The summed E-state index contributed by atoms with van der Waals surface area (Å²) in [6.07, 6.45) is 1.04. The number of carbonyl (C=O) groups excluding carboxylic acids is 1. The normalized spacial score (nSPS) is 9.05. The van der Waals surface area contributed by atoms with Crippen LogP contribution >= 0.6 is 0 Å². The molecule has 2 aromatic rings. The standard InChI is InChI=1S/C12H10.C5H8O3/c1-3-7-11(8-4-1)12-9-5-2-6-10-12;1-3-5(6)8-7-4-2/h1-10H;3H,1,4H2,2H3. The zero-order chi connectivity index (χ0) is 14.6. The third-order valence-corrected chi connectivity index (χ3v) is 2.31. The molecule has 0 heterocycles. The maximum absolute atomic E-state index is 10.1. The molecular formula is C17H18O3. The summed E-state index contributed by atoms with van der Waals surface area (Å²) < 4.78 is 0. The Kier molecular flexibility index (Phi) is 7.46. The second-order valence-corrected chi connectivity index (χ2v) is 3.75. The average Bonchev–Trinajstić information content (AvgIpc) is 2.55. The van der Waals surface area contributed by atoms with Crippen molar-refractivity contribution in [1.29, 1.82) is 0 Å². The first-order valence-electron chi connectivity index (χ1n) is 6.34. The quantitative estimate of drug-likeness (QED) is 0.478. The van der Waals surface area contributed by atoms with Crippen molar-refractivity contribution in [3.8, 4) is 11.1 Å². The van der Waals surface area contributed by atoms with Gasteiger partial charge in [0.05, 0.1) is 6.61 Å². The third kappa shape index (κ3) is 5.98. The van der Waals surface area contributed by atoms with Gasteiger partial charge in [-0.2, -0.15) is 4.89 Å². The Labute approximate surface area is 119 Å². The Hall–Kier alpha value is -2.39. The highest BCUT2D eigenvalue weighted by atomic mass is 17.2. The Bertz CT molecular complexity index is 469. The maximum atomic E-state index is 10.1. The first kappa shape index (κ1) is 15.7. The van der Waals surface area contributed by atoms with E-state index in [9.17, 15) is 4.79 Å². The fourth-order valence-corrected chi connectivity index (χ4v) is 1.41. The zero-order valence-corrected chi connectivity index (χ0v) is 11.5. The Morgan fingerprint density at radius 3 is 1.80 bits per heavy atom. The second-order valence-electron chi connectivity index (χ2n) is 3.75. The molecule has 0 unspecified atom stereocenters. The van der Waals surface area contributed by atoms with Crippen molar-refractivity contribution in [1.82, 2.24) is 0 Å². The molecule has 0 aliphatic carbocycles. The number of hydrogen-bond donors (Lipinski definition) is 0. The fraction of sp³-hybridized carbons (Fsp3) is 0.118. The van der Waals surface area contributed by atoms with E-state index in [-0.39, 0.29) is 0 Å². The van der Waals surface area contributed by atoms with Crippen molar-refractivity contribution >= 4 is 5.97 Å². The lowest BCUT2D eigenvalue weighted by molar-refractivity contribution is -0.264. The molecule has 0 saturated heterocycles. The smallest absolute Gasteiger partial charge is 0.294 e. The van der Waals surface area contributed by atoms with Gasteiger partial charge in [-0.3, -0.25) is 4.89 Å². The highest BCUT2D eigenvalue weighted by Crippen LogP contribution is 2.17. The van der Waals surface area contributed by atoms with Gasteiger partial charge in [-0.1, -0.05) is 67.2 Å². The Morgan fingerprint density at radius 1 is 1.00 bits per heavy atom. The number of carbonyl (C=O) groups is 1. The molecule has 0 bridgehead atoms. The summed E-state index contributed by atoms with van der Waals surface area (Å²) in [7, 11) is 0. The summed E-state index contributed by atoms with van der Waals surface area (Å²) in [5.41, 5.74) is 2.55. The van der Waals surface area contributed by atoms with Crippen LogP contribution in [-0.2, 0) is 14.6 Å². The van der Waals surface area contributed by atoms with Crippen molar-refractivity contribution in [2.24, 2.45) is 0 Å². The van der Waals surface area contributed by atoms with Crippen LogP contribution in [0, 0.1) is 0 Å². The molecule has 104 valence electrons. The molecule has 2 rings (SSSR count). The molecule has 0 spiro atoms. The summed E-state index contributed by atoms with van der Waals surface area (Å²) in [5, 5.41) is 0. The lowest BCUT2D eigenvalue weighted by Crippen LogP contribution is -2.00. The van der Waals surface area contributed by atoms with Gasteiger partial charge in [0, 0.05) is 6.08 Å². The largest absolute Gasteiger partial charge is 0.365 e. The van der Waals surface area contributed by atoms with Gasteiger partial charge in [0.15, 0.2) is 0 Å². The number of rotatable bonds is 4. The van der Waals surface area contributed by atoms with Crippen LogP contribution < -0.4 is 0 Å². The molecule has 0 amide bonds. The minimum absolute atomic E-state index is 0.361. The molecule has 0 aliphatic rings. The molecule has 0 fully saturated rings. The molecule has 0 atom stereocenters. The fourth-order valence-electron chi connectivity index (χ4n) is 1.41. The molecule has 0 aromatic heterocycles. The summed E-state index contributed by atoms with van der Waals surface area (Å²) >= 11 is 0. The van der Waals surface area contributed by atoms with Gasteiger partial charge in [0.1, 0.15) is 0 Å². The third-order valence-electron chi connectivity index (χ3n) is 2.31. The molecule has 20 heavy (non-hydrogen) atoms. The highest BCUT2D eigenvalue weighted by Gasteiger charge is 1.92. The van der Waals surface area contributed by atoms with Gasteiger partial charge in [-0.25, -0.2) is 4.79 Å². The van der Waals surface area contributed by atoms with E-state index in [2.05, 4.69) is 64.9 Å². The van der Waals surface area contributed by atoms with Gasteiger partial charge < -0.3 is 0 Å². The maximum Gasteiger partial charge on any atom is 0.365 e. The van der Waals surface area contributed by atoms with Crippen molar-refractivity contribution in [3.05, 3.63) is 73.3 Å². The molecule has 0 saturated carbocycles. The van der Waals surface area contributed by atoms with Crippen LogP contribution in [0.3, 0.4) is 0 Å². The summed E-state index contributed by atoms with van der Waals surface area (Å²) in [6.45, 7) is 5.24. The Balaban J connectivity index is 0.000000221. The van der Waals surface area contributed by atoms with Crippen LogP contribution in [0.1, 0.15) is 6.92 Å². The van der Waals surface area contributed by atoms with Gasteiger partial charge in [-0.15, -0.1) is 0 Å². The van der Waals surface area contributed by atoms with E-state index in [1.807, 2.05) is 12.1 Å². The Morgan fingerprint density at radius 2 is 1.45 bits per heavy atom. The molecule has 2 aromatic carbocycles. The van der Waals surface area contributed by atoms with E-state index in [1.165, 1.54) is 11.1 Å². The molecule has 0 radical (unpaired) electrons. The second kappa shape index (κ2) is 9.53. The van der Waals surface area contributed by atoms with E-state index in [1.54, 1.807) is 6.92 Å². The molecule has 3 nitrogen and oxygen atoms in total. The SMILES string of the molecule is C=CC(=O)OOCC.c1ccc(-c2ccccc2)cc1. The molecule has 0 N–H and O–H groups in total. The van der Waals surface area contributed by atoms with E-state index in [4.69, 9.17) is 0 Å². The van der Waals surface area contributed by atoms with E-state index >= 15 is 0 Å². The van der Waals surface area contributed by atoms with E-state index in [0.29, 0.717) is 6.61 Å². The summed E-state index contributed by atoms with van der Waals surface area (Å²) in [5.74, 6) is -0.563.